The van der Waals surface area contributed by atoms with Gasteiger partial charge in [-0.2, -0.15) is 4.98 Å². The normalized spacial score (nSPS) is 18.0. The highest BCUT2D eigenvalue weighted by Gasteiger charge is 2.22. The largest absolute Gasteiger partial charge is 0.493 e. The molecule has 1 saturated carbocycles. The van der Waals surface area contributed by atoms with Gasteiger partial charge in [-0.25, -0.2) is 9.37 Å². The van der Waals surface area contributed by atoms with Gasteiger partial charge in [0, 0.05) is 43.7 Å². The molecule has 0 bridgehead atoms. The van der Waals surface area contributed by atoms with E-state index >= 15 is 0 Å². The molecule has 182 valence electrons. The fourth-order valence-corrected chi connectivity index (χ4v) is 4.60. The lowest BCUT2D eigenvalue weighted by molar-refractivity contribution is 0.322. The monoisotopic (exact) mass is 467 g/mol. The van der Waals surface area contributed by atoms with Crippen molar-refractivity contribution in [2.24, 2.45) is 5.92 Å². The predicted octanol–water partition coefficient (Wildman–Crippen LogP) is 4.61. The summed E-state index contributed by atoms with van der Waals surface area (Å²) in [5.74, 6) is 2.84. The van der Waals surface area contributed by atoms with Crippen LogP contribution in [-0.4, -0.2) is 50.9 Å². The average molecular weight is 468 g/mol. The number of methoxy groups -OCH3 is 2. The molecule has 0 saturated heterocycles. The summed E-state index contributed by atoms with van der Waals surface area (Å²) in [7, 11) is 7.08. The molecule has 3 aromatic rings. The van der Waals surface area contributed by atoms with Gasteiger partial charge in [0.15, 0.2) is 11.5 Å². The summed E-state index contributed by atoms with van der Waals surface area (Å²) in [6.45, 7) is 1.32. The summed E-state index contributed by atoms with van der Waals surface area (Å²) < 4.78 is 24.8. The minimum absolute atomic E-state index is 0.287. The first-order valence-electron chi connectivity index (χ1n) is 11.8. The highest BCUT2D eigenvalue weighted by molar-refractivity contribution is 5.90. The van der Waals surface area contributed by atoms with Crippen molar-refractivity contribution in [2.75, 3.05) is 45.1 Å². The van der Waals surface area contributed by atoms with Crippen LogP contribution in [0.4, 0.5) is 16.2 Å². The lowest BCUT2D eigenvalue weighted by atomic mass is 9.86. The summed E-state index contributed by atoms with van der Waals surface area (Å²) in [6.07, 6.45) is 4.33. The molecule has 7 nitrogen and oxygen atoms in total. The van der Waals surface area contributed by atoms with Crippen molar-refractivity contribution in [1.29, 1.82) is 0 Å². The molecule has 1 heterocycles. The molecule has 1 fully saturated rings. The smallest absolute Gasteiger partial charge is 0.225 e. The molecule has 4 rings (SSSR count). The van der Waals surface area contributed by atoms with Crippen molar-refractivity contribution in [3.8, 4) is 11.5 Å². The fraction of sp³-hybridized carbons (Fsp3) is 0.462. The first-order valence-corrected chi connectivity index (χ1v) is 11.8. The van der Waals surface area contributed by atoms with Gasteiger partial charge in [0.1, 0.15) is 11.6 Å². The zero-order valence-corrected chi connectivity index (χ0v) is 20.4. The van der Waals surface area contributed by atoms with Crippen LogP contribution < -0.4 is 25.0 Å². The Hall–Kier alpha value is -3.13. The van der Waals surface area contributed by atoms with Crippen molar-refractivity contribution in [3.05, 3.63) is 47.8 Å². The van der Waals surface area contributed by atoms with Gasteiger partial charge in [0.25, 0.3) is 0 Å². The Balaban J connectivity index is 1.29. The van der Waals surface area contributed by atoms with Crippen molar-refractivity contribution in [3.63, 3.8) is 0 Å². The van der Waals surface area contributed by atoms with Gasteiger partial charge in [0.05, 0.1) is 19.7 Å². The maximum Gasteiger partial charge on any atom is 0.225 e. The van der Waals surface area contributed by atoms with E-state index in [0.717, 1.165) is 48.9 Å². The van der Waals surface area contributed by atoms with E-state index in [2.05, 4.69) is 16.7 Å². The summed E-state index contributed by atoms with van der Waals surface area (Å²) in [5, 5.41) is 8.03. The van der Waals surface area contributed by atoms with Gasteiger partial charge in [-0.15, -0.1) is 0 Å². The highest BCUT2D eigenvalue weighted by Crippen LogP contribution is 2.31. The summed E-state index contributed by atoms with van der Waals surface area (Å²) in [6, 6.07) is 11.5. The maximum atomic E-state index is 14.4. The summed E-state index contributed by atoms with van der Waals surface area (Å²) in [4.78, 5) is 11.5. The van der Waals surface area contributed by atoms with Crippen molar-refractivity contribution < 1.29 is 13.9 Å². The molecule has 0 aliphatic heterocycles. The molecule has 1 aromatic heterocycles. The Bertz CT molecular complexity index is 1120. The van der Waals surface area contributed by atoms with Gasteiger partial charge in [-0.3, -0.25) is 0 Å². The number of para-hydroxylation sites is 1. The number of hydrogen-bond acceptors (Lipinski definition) is 7. The van der Waals surface area contributed by atoms with Crippen LogP contribution in [0.25, 0.3) is 10.9 Å². The molecule has 2 aromatic carbocycles. The number of ether oxygens (including phenoxy) is 2. The molecule has 8 heteroatoms. The predicted molar refractivity (Wildman–Crippen MR) is 134 cm³/mol. The third kappa shape index (κ3) is 5.50. The van der Waals surface area contributed by atoms with E-state index in [9.17, 15) is 4.39 Å². The molecule has 34 heavy (non-hydrogen) atoms. The second-order valence-corrected chi connectivity index (χ2v) is 9.07. The van der Waals surface area contributed by atoms with Crippen LogP contribution in [0.15, 0.2) is 36.4 Å². The van der Waals surface area contributed by atoms with E-state index in [0.29, 0.717) is 41.5 Å². The Morgan fingerprint density at radius 2 is 1.71 bits per heavy atom. The van der Waals surface area contributed by atoms with Gasteiger partial charge in [-0.05, 0) is 56.3 Å². The molecule has 1 aliphatic carbocycles. The fourth-order valence-electron chi connectivity index (χ4n) is 4.60. The number of nitrogens with zero attached hydrogens (tertiary/aromatic N) is 3. The van der Waals surface area contributed by atoms with E-state index < -0.39 is 0 Å². The molecule has 0 spiro atoms. The quantitative estimate of drug-likeness (QED) is 0.476. The number of halogens is 1. The zero-order chi connectivity index (χ0) is 24.1. The van der Waals surface area contributed by atoms with E-state index in [1.54, 1.807) is 13.2 Å². The van der Waals surface area contributed by atoms with E-state index in [4.69, 9.17) is 19.4 Å². The van der Waals surface area contributed by atoms with Crippen molar-refractivity contribution >= 4 is 22.7 Å². The molecule has 0 unspecified atom stereocenters. The average Bonchev–Trinajstić information content (AvgIpc) is 2.85. The molecular weight excluding hydrogens is 433 g/mol. The Morgan fingerprint density at radius 1 is 1.00 bits per heavy atom. The van der Waals surface area contributed by atoms with Crippen LogP contribution in [0.1, 0.15) is 31.2 Å². The van der Waals surface area contributed by atoms with Gasteiger partial charge in [-0.1, -0.05) is 12.1 Å². The second kappa shape index (κ2) is 10.9. The zero-order valence-electron chi connectivity index (χ0n) is 20.4. The number of anilines is 2. The molecular formula is C26H34FN5O2. The topological polar surface area (TPSA) is 71.5 Å². The number of nitrogens with one attached hydrogen (secondary N) is 2. The second-order valence-electron chi connectivity index (χ2n) is 9.07. The van der Waals surface area contributed by atoms with Crippen LogP contribution in [0, 0.1) is 11.7 Å². The standard InChI is InChI=1S/C26H34FN5O2/c1-32(2)25-20-7-5-6-8-22(20)30-26(31-25)29-19-11-9-17(10-12-19)15-28-16-18-13-23(33-3)24(34-4)14-21(18)27/h5-8,13-14,17,19,28H,9-12,15-16H2,1-4H3,(H,29,30,31)/t17-,19+. The summed E-state index contributed by atoms with van der Waals surface area (Å²) >= 11 is 0. The first-order chi connectivity index (χ1) is 16.5. The minimum atomic E-state index is -0.287. The molecule has 2 N–H and O–H groups in total. The SMILES string of the molecule is COc1cc(F)c(CNC[C@H]2CC[C@@H](Nc3nc(N(C)C)c4ccccc4n3)CC2)cc1OC. The molecule has 0 amide bonds. The van der Waals surface area contributed by atoms with Gasteiger partial charge >= 0.3 is 0 Å². The number of benzene rings is 2. The number of fused-ring (bicyclic) bond motifs is 1. The number of rotatable bonds is 9. The number of hydrogen-bond donors (Lipinski definition) is 2. The van der Waals surface area contributed by atoms with Crippen LogP contribution in [0.5, 0.6) is 11.5 Å². The highest BCUT2D eigenvalue weighted by atomic mass is 19.1. The van der Waals surface area contributed by atoms with Crippen molar-refractivity contribution in [1.82, 2.24) is 15.3 Å². The first kappa shape index (κ1) is 24.0. The van der Waals surface area contributed by atoms with E-state index in [-0.39, 0.29) is 5.82 Å². The van der Waals surface area contributed by atoms with Crippen LogP contribution in [0.3, 0.4) is 0 Å². The maximum absolute atomic E-state index is 14.4. The van der Waals surface area contributed by atoms with E-state index in [1.807, 2.05) is 37.2 Å². The Labute approximate surface area is 200 Å². The van der Waals surface area contributed by atoms with E-state index in [1.165, 1.54) is 13.2 Å². The van der Waals surface area contributed by atoms with Crippen LogP contribution in [0.2, 0.25) is 0 Å². The van der Waals surface area contributed by atoms with Crippen molar-refractivity contribution in [2.45, 2.75) is 38.3 Å². The minimum Gasteiger partial charge on any atom is -0.493 e. The van der Waals surface area contributed by atoms with Gasteiger partial charge in [0.2, 0.25) is 5.95 Å². The molecule has 0 atom stereocenters. The van der Waals surface area contributed by atoms with Gasteiger partial charge < -0.3 is 25.0 Å². The third-order valence-corrected chi connectivity index (χ3v) is 6.49. The van der Waals surface area contributed by atoms with Crippen LogP contribution >= 0.6 is 0 Å². The molecule has 1 aliphatic rings. The van der Waals surface area contributed by atoms with Crippen LogP contribution in [-0.2, 0) is 6.54 Å². The lowest BCUT2D eigenvalue weighted by Gasteiger charge is -2.29. The number of aromatic nitrogens is 2. The molecule has 0 radical (unpaired) electrons. The lowest BCUT2D eigenvalue weighted by Crippen LogP contribution is -2.31. The summed E-state index contributed by atoms with van der Waals surface area (Å²) in [5.41, 5.74) is 1.53. The Morgan fingerprint density at radius 3 is 2.41 bits per heavy atom. The Kier molecular flexibility index (Phi) is 7.67. The third-order valence-electron chi connectivity index (χ3n) is 6.49.